The van der Waals surface area contributed by atoms with Crippen LogP contribution in [0.1, 0.15) is 6.42 Å². The molecular weight excluding hydrogens is 254 g/mol. The third-order valence-electron chi connectivity index (χ3n) is 2.95. The molecule has 1 atom stereocenters. The van der Waals surface area contributed by atoms with Crippen molar-refractivity contribution in [1.29, 1.82) is 0 Å². The molecule has 1 unspecified atom stereocenters. The van der Waals surface area contributed by atoms with Crippen LogP contribution in [0.2, 0.25) is 0 Å². The lowest BCUT2D eigenvalue weighted by atomic mass is 10.2. The molecule has 0 spiro atoms. The van der Waals surface area contributed by atoms with Crippen molar-refractivity contribution in [3.63, 3.8) is 0 Å². The molecule has 2 rings (SSSR count). The molecule has 1 fully saturated rings. The van der Waals surface area contributed by atoms with Gasteiger partial charge in [0.2, 0.25) is 0 Å². The van der Waals surface area contributed by atoms with Crippen LogP contribution in [0.3, 0.4) is 0 Å². The number of nitrogens with one attached hydrogen (secondary N) is 1. The first-order valence-corrected chi connectivity index (χ1v) is 7.22. The van der Waals surface area contributed by atoms with Crippen LogP contribution in [-0.2, 0) is 10.2 Å². The highest BCUT2D eigenvalue weighted by molar-refractivity contribution is 7.87. The second kappa shape index (κ2) is 5.13. The highest BCUT2D eigenvalue weighted by Gasteiger charge is 2.26. The highest BCUT2D eigenvalue weighted by Crippen LogP contribution is 2.30. The number of benzene rings is 1. The number of nitrogens with two attached hydrogens (primary N) is 1. The van der Waals surface area contributed by atoms with E-state index in [2.05, 4.69) is 9.62 Å². The minimum absolute atomic E-state index is 0.148. The maximum absolute atomic E-state index is 11.0. The predicted molar refractivity (Wildman–Crippen MR) is 69.9 cm³/mol. The van der Waals surface area contributed by atoms with Gasteiger partial charge in [-0.2, -0.15) is 13.1 Å². The molecule has 18 heavy (non-hydrogen) atoms. The summed E-state index contributed by atoms with van der Waals surface area (Å²) in [5.41, 5.74) is 0.971. The van der Waals surface area contributed by atoms with E-state index in [0.29, 0.717) is 6.54 Å². The number of ether oxygens (including phenoxy) is 1. The number of anilines is 1. The number of methoxy groups -OCH3 is 1. The van der Waals surface area contributed by atoms with E-state index >= 15 is 0 Å². The normalized spacial score (nSPS) is 20.1. The molecule has 0 radical (unpaired) electrons. The van der Waals surface area contributed by atoms with Crippen LogP contribution < -0.4 is 19.5 Å². The summed E-state index contributed by atoms with van der Waals surface area (Å²) in [5.74, 6) is 0.786. The van der Waals surface area contributed by atoms with E-state index in [4.69, 9.17) is 9.88 Å². The first-order chi connectivity index (χ1) is 8.49. The maximum Gasteiger partial charge on any atom is 0.274 e. The summed E-state index contributed by atoms with van der Waals surface area (Å²) in [5, 5.41) is 4.97. The second-order valence-electron chi connectivity index (χ2n) is 4.27. The first-order valence-electron chi connectivity index (χ1n) is 5.67. The first kappa shape index (κ1) is 13.1. The lowest BCUT2D eigenvalue weighted by Crippen LogP contribution is -2.40. The molecule has 6 nitrogen and oxygen atoms in total. The van der Waals surface area contributed by atoms with Gasteiger partial charge in [-0.05, 0) is 18.6 Å². The molecule has 0 bridgehead atoms. The van der Waals surface area contributed by atoms with Gasteiger partial charge in [0.05, 0.1) is 12.8 Å². The van der Waals surface area contributed by atoms with Crippen molar-refractivity contribution in [2.75, 3.05) is 25.1 Å². The molecule has 7 heteroatoms. The fraction of sp³-hybridized carbons (Fsp3) is 0.455. The molecule has 100 valence electrons. The van der Waals surface area contributed by atoms with Gasteiger partial charge in [0.25, 0.3) is 10.2 Å². The van der Waals surface area contributed by atoms with E-state index in [9.17, 15) is 8.42 Å². The van der Waals surface area contributed by atoms with Crippen molar-refractivity contribution in [2.45, 2.75) is 12.5 Å². The largest absolute Gasteiger partial charge is 0.495 e. The van der Waals surface area contributed by atoms with Crippen LogP contribution in [0.4, 0.5) is 5.69 Å². The van der Waals surface area contributed by atoms with E-state index in [1.54, 1.807) is 7.11 Å². The fourth-order valence-corrected chi connectivity index (χ4v) is 2.86. The quantitative estimate of drug-likeness (QED) is 0.811. The zero-order valence-electron chi connectivity index (χ0n) is 10.2. The van der Waals surface area contributed by atoms with Crippen LogP contribution in [-0.4, -0.2) is 34.7 Å². The Morgan fingerprint density at radius 2 is 2.17 bits per heavy atom. The zero-order chi connectivity index (χ0) is 13.2. The summed E-state index contributed by atoms with van der Waals surface area (Å²) in [6.45, 7) is 1.37. The van der Waals surface area contributed by atoms with Crippen LogP contribution in [0.15, 0.2) is 24.3 Å². The Morgan fingerprint density at radius 1 is 1.44 bits per heavy atom. The molecule has 3 N–H and O–H groups in total. The Morgan fingerprint density at radius 3 is 2.83 bits per heavy atom. The SMILES string of the molecule is COc1ccccc1N1CCC(NS(N)(=O)=O)C1. The summed E-state index contributed by atoms with van der Waals surface area (Å²) in [7, 11) is -2.02. The highest BCUT2D eigenvalue weighted by atomic mass is 32.2. The van der Waals surface area contributed by atoms with Crippen molar-refractivity contribution in [1.82, 2.24) is 4.72 Å². The Kier molecular flexibility index (Phi) is 3.74. The average Bonchev–Trinajstić information content (AvgIpc) is 2.75. The second-order valence-corrected chi connectivity index (χ2v) is 5.59. The third-order valence-corrected chi connectivity index (χ3v) is 3.61. The van der Waals surface area contributed by atoms with Crippen molar-refractivity contribution < 1.29 is 13.2 Å². The van der Waals surface area contributed by atoms with Gasteiger partial charge in [0, 0.05) is 19.1 Å². The molecule has 1 aliphatic heterocycles. The lowest BCUT2D eigenvalue weighted by Gasteiger charge is -2.21. The van der Waals surface area contributed by atoms with Crippen LogP contribution in [0.25, 0.3) is 0 Å². The molecule has 1 heterocycles. The van der Waals surface area contributed by atoms with Crippen LogP contribution >= 0.6 is 0 Å². The average molecular weight is 271 g/mol. The van der Waals surface area contributed by atoms with Gasteiger partial charge in [-0.25, -0.2) is 5.14 Å². The Hall–Kier alpha value is -1.31. The molecule has 0 aromatic heterocycles. The Balaban J connectivity index is 2.09. The van der Waals surface area contributed by atoms with E-state index in [-0.39, 0.29) is 6.04 Å². The number of rotatable bonds is 4. The van der Waals surface area contributed by atoms with Crippen molar-refractivity contribution >= 4 is 15.9 Å². The molecule has 0 saturated carbocycles. The van der Waals surface area contributed by atoms with E-state index in [0.717, 1.165) is 24.4 Å². The molecule has 0 aliphatic carbocycles. The molecule has 0 amide bonds. The zero-order valence-corrected chi connectivity index (χ0v) is 11.0. The fourth-order valence-electron chi connectivity index (χ4n) is 2.20. The summed E-state index contributed by atoms with van der Waals surface area (Å²) >= 11 is 0. The topological polar surface area (TPSA) is 84.7 Å². The van der Waals surface area contributed by atoms with Crippen molar-refractivity contribution in [3.05, 3.63) is 24.3 Å². The van der Waals surface area contributed by atoms with E-state index in [1.165, 1.54) is 0 Å². The molecular formula is C11H17N3O3S. The van der Waals surface area contributed by atoms with Gasteiger partial charge < -0.3 is 9.64 Å². The van der Waals surface area contributed by atoms with Gasteiger partial charge in [0.15, 0.2) is 0 Å². The number of nitrogens with zero attached hydrogens (tertiary/aromatic N) is 1. The van der Waals surface area contributed by atoms with Gasteiger partial charge >= 0.3 is 0 Å². The molecule has 1 aromatic carbocycles. The Bertz CT molecular complexity index is 518. The van der Waals surface area contributed by atoms with E-state index < -0.39 is 10.2 Å². The maximum atomic E-state index is 11.0. The monoisotopic (exact) mass is 271 g/mol. The standard InChI is InChI=1S/C11H17N3O3S/c1-17-11-5-3-2-4-10(11)14-7-6-9(8-14)13-18(12,15)16/h2-5,9,13H,6-8H2,1H3,(H2,12,15,16). The van der Waals surface area contributed by atoms with Gasteiger partial charge in [-0.15, -0.1) is 0 Å². The number of para-hydroxylation sites is 2. The Labute approximate surface area is 107 Å². The summed E-state index contributed by atoms with van der Waals surface area (Å²) in [6.07, 6.45) is 0.731. The smallest absolute Gasteiger partial charge is 0.274 e. The minimum Gasteiger partial charge on any atom is -0.495 e. The number of hydrogen-bond acceptors (Lipinski definition) is 4. The third kappa shape index (κ3) is 3.12. The van der Waals surface area contributed by atoms with E-state index in [1.807, 2.05) is 24.3 Å². The van der Waals surface area contributed by atoms with Gasteiger partial charge in [-0.1, -0.05) is 12.1 Å². The van der Waals surface area contributed by atoms with Gasteiger partial charge in [-0.3, -0.25) is 0 Å². The predicted octanol–water partition coefficient (Wildman–Crippen LogP) is 0.0670. The van der Waals surface area contributed by atoms with Crippen LogP contribution in [0, 0.1) is 0 Å². The summed E-state index contributed by atoms with van der Waals surface area (Å²) in [6, 6.07) is 7.52. The lowest BCUT2D eigenvalue weighted by molar-refractivity contribution is 0.415. The minimum atomic E-state index is -3.64. The molecule has 1 aliphatic rings. The molecule has 1 saturated heterocycles. The van der Waals surface area contributed by atoms with Crippen LogP contribution in [0.5, 0.6) is 5.75 Å². The molecule has 1 aromatic rings. The van der Waals surface area contributed by atoms with Gasteiger partial charge in [0.1, 0.15) is 5.75 Å². The number of hydrogen-bond donors (Lipinski definition) is 2. The van der Waals surface area contributed by atoms with Crippen molar-refractivity contribution in [3.8, 4) is 5.75 Å². The summed E-state index contributed by atoms with van der Waals surface area (Å²) < 4.78 is 29.7. The summed E-state index contributed by atoms with van der Waals surface area (Å²) in [4.78, 5) is 2.08. The van der Waals surface area contributed by atoms with Crippen molar-refractivity contribution in [2.24, 2.45) is 5.14 Å².